The van der Waals surface area contributed by atoms with Crippen LogP contribution >= 0.6 is 24.0 Å². The summed E-state index contributed by atoms with van der Waals surface area (Å²) >= 11 is 6.64. The lowest BCUT2D eigenvalue weighted by atomic mass is 10.1. The van der Waals surface area contributed by atoms with Crippen molar-refractivity contribution in [1.29, 1.82) is 0 Å². The van der Waals surface area contributed by atoms with E-state index >= 15 is 0 Å². The Balaban J connectivity index is 1.31. The van der Waals surface area contributed by atoms with E-state index in [0.29, 0.717) is 26.4 Å². The summed E-state index contributed by atoms with van der Waals surface area (Å²) in [5.74, 6) is 1.24. The molecular formula is C28H22N4O5S2. The van der Waals surface area contributed by atoms with E-state index in [1.807, 2.05) is 42.5 Å². The lowest BCUT2D eigenvalue weighted by Crippen LogP contribution is -2.27. The van der Waals surface area contributed by atoms with Crippen LogP contribution in [0.3, 0.4) is 0 Å². The molecule has 0 radical (unpaired) electrons. The average molecular weight is 559 g/mol. The van der Waals surface area contributed by atoms with Crippen molar-refractivity contribution in [2.45, 2.75) is 12.6 Å². The Morgan fingerprint density at radius 3 is 2.72 bits per heavy atom. The van der Waals surface area contributed by atoms with Crippen LogP contribution in [0.15, 0.2) is 82.6 Å². The van der Waals surface area contributed by atoms with Gasteiger partial charge >= 0.3 is 0 Å². The molecule has 2 N–H and O–H groups in total. The SMILES string of the molecule is O=C1/C(=C/c2c(NC[C@@H](O)c3ccccc3)nc3ccccn3c2=O)SC(=S)N1Cc1ccc2c(c1)OCO2. The minimum atomic E-state index is -0.824. The molecule has 1 saturated heterocycles. The Morgan fingerprint density at radius 2 is 1.87 bits per heavy atom. The van der Waals surface area contributed by atoms with Crippen molar-refractivity contribution in [3.8, 4) is 11.5 Å². The van der Waals surface area contributed by atoms with Crippen molar-refractivity contribution in [3.05, 3.63) is 105 Å². The van der Waals surface area contributed by atoms with Crippen LogP contribution in [0.2, 0.25) is 0 Å². The number of thioether (sulfide) groups is 1. The van der Waals surface area contributed by atoms with E-state index in [-0.39, 0.29) is 42.7 Å². The number of anilines is 1. The number of rotatable bonds is 7. The van der Waals surface area contributed by atoms with Crippen LogP contribution in [0.5, 0.6) is 11.5 Å². The second-order valence-corrected chi connectivity index (χ2v) is 10.5. The van der Waals surface area contributed by atoms with Gasteiger partial charge in [-0.15, -0.1) is 0 Å². The molecule has 9 nitrogen and oxygen atoms in total. The Hall–Kier alpha value is -4.19. The zero-order valence-corrected chi connectivity index (χ0v) is 22.1. The summed E-state index contributed by atoms with van der Waals surface area (Å²) in [4.78, 5) is 33.3. The molecule has 4 aromatic rings. The van der Waals surface area contributed by atoms with Gasteiger partial charge < -0.3 is 19.9 Å². The fraction of sp³-hybridized carbons (Fsp3) is 0.143. The number of nitrogens with one attached hydrogen (secondary N) is 1. The van der Waals surface area contributed by atoms with Crippen LogP contribution < -0.4 is 20.3 Å². The van der Waals surface area contributed by atoms with E-state index in [4.69, 9.17) is 21.7 Å². The smallest absolute Gasteiger partial charge is 0.267 e. The molecule has 4 heterocycles. The number of aliphatic hydroxyl groups is 1. The first-order chi connectivity index (χ1) is 19.0. The van der Waals surface area contributed by atoms with Crippen LogP contribution in [-0.2, 0) is 11.3 Å². The number of aromatic nitrogens is 2. The lowest BCUT2D eigenvalue weighted by molar-refractivity contribution is -0.122. The van der Waals surface area contributed by atoms with Gasteiger partial charge in [0.2, 0.25) is 6.79 Å². The molecule has 0 bridgehead atoms. The molecule has 6 rings (SSSR count). The molecule has 1 atom stereocenters. The van der Waals surface area contributed by atoms with Gasteiger partial charge in [0.25, 0.3) is 11.5 Å². The maximum absolute atomic E-state index is 13.5. The number of pyridine rings is 1. The molecule has 1 fully saturated rings. The summed E-state index contributed by atoms with van der Waals surface area (Å²) < 4.78 is 12.6. The van der Waals surface area contributed by atoms with Gasteiger partial charge in [-0.1, -0.05) is 66.4 Å². The van der Waals surface area contributed by atoms with E-state index in [2.05, 4.69) is 10.3 Å². The monoisotopic (exact) mass is 558 g/mol. The molecule has 2 aromatic carbocycles. The van der Waals surface area contributed by atoms with E-state index < -0.39 is 6.10 Å². The predicted octanol–water partition coefficient (Wildman–Crippen LogP) is 3.97. The fourth-order valence-corrected chi connectivity index (χ4v) is 5.58. The highest BCUT2D eigenvalue weighted by Crippen LogP contribution is 2.36. The van der Waals surface area contributed by atoms with Crippen LogP contribution in [-0.4, -0.2) is 43.0 Å². The van der Waals surface area contributed by atoms with Crippen LogP contribution in [0.25, 0.3) is 11.7 Å². The number of carbonyl (C=O) groups excluding carboxylic acids is 1. The minimum Gasteiger partial charge on any atom is -0.454 e. The molecule has 11 heteroatoms. The number of ether oxygens (including phenoxy) is 2. The molecule has 0 unspecified atom stereocenters. The third-order valence-corrected chi connectivity index (χ3v) is 7.72. The summed E-state index contributed by atoms with van der Waals surface area (Å²) in [6.07, 6.45) is 2.32. The summed E-state index contributed by atoms with van der Waals surface area (Å²) in [5, 5.41) is 13.8. The first-order valence-electron chi connectivity index (χ1n) is 12.1. The van der Waals surface area contributed by atoms with Gasteiger partial charge in [-0.2, -0.15) is 0 Å². The van der Waals surface area contributed by atoms with Crippen molar-refractivity contribution in [1.82, 2.24) is 14.3 Å². The maximum Gasteiger partial charge on any atom is 0.267 e. The Morgan fingerprint density at radius 1 is 1.08 bits per heavy atom. The van der Waals surface area contributed by atoms with Crippen LogP contribution in [0.4, 0.5) is 5.82 Å². The first-order valence-corrected chi connectivity index (χ1v) is 13.3. The molecule has 2 aliphatic heterocycles. The molecule has 2 aromatic heterocycles. The van der Waals surface area contributed by atoms with Gasteiger partial charge in [-0.05, 0) is 41.5 Å². The fourth-order valence-electron chi connectivity index (χ4n) is 4.34. The second-order valence-electron chi connectivity index (χ2n) is 8.87. The molecule has 0 spiro atoms. The number of carbonyl (C=O) groups is 1. The number of aliphatic hydroxyl groups excluding tert-OH is 1. The number of hydrogen-bond acceptors (Lipinski definition) is 9. The summed E-state index contributed by atoms with van der Waals surface area (Å²) in [6.45, 7) is 0.532. The number of amides is 1. The van der Waals surface area contributed by atoms with Crippen molar-refractivity contribution in [3.63, 3.8) is 0 Å². The largest absolute Gasteiger partial charge is 0.454 e. The highest BCUT2D eigenvalue weighted by Gasteiger charge is 2.33. The maximum atomic E-state index is 13.5. The van der Waals surface area contributed by atoms with Crippen molar-refractivity contribution in [2.75, 3.05) is 18.7 Å². The number of nitrogens with zero attached hydrogens (tertiary/aromatic N) is 3. The van der Waals surface area contributed by atoms with Gasteiger partial charge in [-0.3, -0.25) is 18.9 Å². The standard InChI is InChI=1S/C28H22N4O5S2/c33-20(18-6-2-1-3-7-18)14-29-25-19(26(34)31-11-5-4-8-24(31)30-25)13-23-27(35)32(28(38)39-23)15-17-9-10-21-22(12-17)37-16-36-21/h1-13,20,29,33H,14-16H2/b23-13-/t20-/m1/s1. The highest BCUT2D eigenvalue weighted by atomic mass is 32.2. The van der Waals surface area contributed by atoms with Gasteiger partial charge in [0.15, 0.2) is 11.5 Å². The zero-order valence-electron chi connectivity index (χ0n) is 20.4. The predicted molar refractivity (Wildman–Crippen MR) is 153 cm³/mol. The number of hydrogen-bond donors (Lipinski definition) is 2. The minimum absolute atomic E-state index is 0.116. The molecule has 0 saturated carbocycles. The molecule has 196 valence electrons. The van der Waals surface area contributed by atoms with Gasteiger partial charge in [0, 0.05) is 12.7 Å². The Kier molecular flexibility index (Phi) is 6.77. The topological polar surface area (TPSA) is 105 Å². The van der Waals surface area contributed by atoms with Crippen molar-refractivity contribution >= 4 is 51.7 Å². The van der Waals surface area contributed by atoms with Crippen LogP contribution in [0, 0.1) is 0 Å². The third-order valence-electron chi connectivity index (χ3n) is 6.34. The number of benzene rings is 2. The normalized spacial score (nSPS) is 16.3. The molecule has 0 aliphatic carbocycles. The zero-order chi connectivity index (χ0) is 26.9. The van der Waals surface area contributed by atoms with E-state index in [9.17, 15) is 14.7 Å². The third kappa shape index (κ3) is 4.99. The first kappa shape index (κ1) is 25.1. The molecule has 1 amide bonds. The van der Waals surface area contributed by atoms with E-state index in [0.717, 1.165) is 22.9 Å². The second kappa shape index (κ2) is 10.5. The number of fused-ring (bicyclic) bond motifs is 2. The van der Waals surface area contributed by atoms with Gasteiger partial charge in [0.05, 0.1) is 23.1 Å². The quantitative estimate of drug-likeness (QED) is 0.258. The average Bonchev–Trinajstić information content (AvgIpc) is 3.53. The van der Waals surface area contributed by atoms with E-state index in [1.165, 1.54) is 15.4 Å². The molecule has 2 aliphatic rings. The Labute approximate surface area is 232 Å². The van der Waals surface area contributed by atoms with Crippen molar-refractivity contribution in [2.24, 2.45) is 0 Å². The summed E-state index contributed by atoms with van der Waals surface area (Å²) in [6, 6.07) is 19.9. The summed E-state index contributed by atoms with van der Waals surface area (Å²) in [5.41, 5.74) is 1.85. The van der Waals surface area contributed by atoms with Crippen LogP contribution in [0.1, 0.15) is 22.8 Å². The van der Waals surface area contributed by atoms with Gasteiger partial charge in [0.1, 0.15) is 15.8 Å². The van der Waals surface area contributed by atoms with Gasteiger partial charge in [-0.25, -0.2) is 4.98 Å². The number of thiocarbonyl (C=S) groups is 1. The molecule has 39 heavy (non-hydrogen) atoms. The summed E-state index contributed by atoms with van der Waals surface area (Å²) in [7, 11) is 0. The lowest BCUT2D eigenvalue weighted by Gasteiger charge is -2.15. The molecular weight excluding hydrogens is 536 g/mol. The highest BCUT2D eigenvalue weighted by molar-refractivity contribution is 8.26. The Bertz CT molecular complexity index is 1690. The van der Waals surface area contributed by atoms with E-state index in [1.54, 1.807) is 30.5 Å². The van der Waals surface area contributed by atoms with Crippen molar-refractivity contribution < 1.29 is 19.4 Å².